The van der Waals surface area contributed by atoms with E-state index in [1.807, 2.05) is 20.9 Å². The maximum atomic E-state index is 11.7. The van der Waals surface area contributed by atoms with Crippen LogP contribution in [0, 0.1) is 0 Å². The monoisotopic (exact) mass is 233 g/mol. The zero-order valence-corrected chi connectivity index (χ0v) is 11.3. The SMILES string of the molecule is CCC(CSC)N(C)C(=O)COC(C)C. The van der Waals surface area contributed by atoms with Gasteiger partial charge in [-0.15, -0.1) is 0 Å². The van der Waals surface area contributed by atoms with Gasteiger partial charge in [-0.05, 0) is 26.5 Å². The summed E-state index contributed by atoms with van der Waals surface area (Å²) in [7, 11) is 1.86. The number of carbonyl (C=O) groups is 1. The molecule has 0 aliphatic carbocycles. The number of hydrogen-bond donors (Lipinski definition) is 0. The summed E-state index contributed by atoms with van der Waals surface area (Å²) in [6.07, 6.45) is 3.17. The summed E-state index contributed by atoms with van der Waals surface area (Å²) >= 11 is 1.77. The third kappa shape index (κ3) is 6.05. The average molecular weight is 233 g/mol. The van der Waals surface area contributed by atoms with Crippen molar-refractivity contribution in [3.8, 4) is 0 Å². The lowest BCUT2D eigenvalue weighted by Crippen LogP contribution is -2.40. The molecule has 90 valence electrons. The third-order valence-electron chi connectivity index (χ3n) is 2.31. The summed E-state index contributed by atoms with van der Waals surface area (Å²) in [5, 5.41) is 0. The molecule has 4 heteroatoms. The van der Waals surface area contributed by atoms with Crippen LogP contribution in [-0.4, -0.2) is 48.6 Å². The summed E-state index contributed by atoms with van der Waals surface area (Å²) in [5.41, 5.74) is 0. The molecule has 0 spiro atoms. The minimum atomic E-state index is 0.0737. The third-order valence-corrected chi connectivity index (χ3v) is 3.03. The van der Waals surface area contributed by atoms with Crippen LogP contribution in [-0.2, 0) is 9.53 Å². The van der Waals surface area contributed by atoms with Crippen molar-refractivity contribution in [3.05, 3.63) is 0 Å². The minimum absolute atomic E-state index is 0.0737. The molecule has 0 rings (SSSR count). The van der Waals surface area contributed by atoms with E-state index >= 15 is 0 Å². The maximum Gasteiger partial charge on any atom is 0.248 e. The van der Waals surface area contributed by atoms with Crippen molar-refractivity contribution in [2.24, 2.45) is 0 Å². The normalized spacial score (nSPS) is 12.9. The molecule has 0 N–H and O–H groups in total. The minimum Gasteiger partial charge on any atom is -0.369 e. The number of nitrogens with zero attached hydrogens (tertiary/aromatic N) is 1. The molecule has 0 heterocycles. The standard InChI is InChI=1S/C11H23NO2S/c1-6-10(8-15-5)12(4)11(13)7-14-9(2)3/h9-10H,6-8H2,1-5H3. The van der Waals surface area contributed by atoms with Crippen molar-refractivity contribution in [3.63, 3.8) is 0 Å². The zero-order chi connectivity index (χ0) is 11.8. The lowest BCUT2D eigenvalue weighted by atomic mass is 10.2. The number of hydrogen-bond acceptors (Lipinski definition) is 3. The van der Waals surface area contributed by atoms with Crippen LogP contribution in [0.1, 0.15) is 27.2 Å². The molecule has 0 aromatic heterocycles. The van der Waals surface area contributed by atoms with Crippen molar-refractivity contribution in [1.29, 1.82) is 0 Å². The van der Waals surface area contributed by atoms with E-state index in [9.17, 15) is 4.79 Å². The molecule has 0 fully saturated rings. The van der Waals surface area contributed by atoms with Gasteiger partial charge in [-0.25, -0.2) is 0 Å². The lowest BCUT2D eigenvalue weighted by molar-refractivity contribution is -0.138. The molecule has 0 saturated carbocycles. The number of ether oxygens (including phenoxy) is 1. The van der Waals surface area contributed by atoms with Crippen molar-refractivity contribution in [1.82, 2.24) is 4.90 Å². The first-order chi connectivity index (χ1) is 7.02. The number of thioether (sulfide) groups is 1. The van der Waals surface area contributed by atoms with E-state index in [2.05, 4.69) is 13.2 Å². The van der Waals surface area contributed by atoms with Gasteiger partial charge in [0, 0.05) is 18.8 Å². The predicted molar refractivity (Wildman–Crippen MR) is 66.3 cm³/mol. The molecular weight excluding hydrogens is 210 g/mol. The average Bonchev–Trinajstić information content (AvgIpc) is 2.21. The van der Waals surface area contributed by atoms with E-state index in [1.54, 1.807) is 16.7 Å². The Hall–Kier alpha value is -0.220. The number of likely N-dealkylation sites (N-methyl/N-ethyl adjacent to an activating group) is 1. The van der Waals surface area contributed by atoms with E-state index in [1.165, 1.54) is 0 Å². The largest absolute Gasteiger partial charge is 0.369 e. The van der Waals surface area contributed by atoms with Gasteiger partial charge in [0.05, 0.1) is 6.10 Å². The Morgan fingerprint density at radius 1 is 1.47 bits per heavy atom. The Balaban J connectivity index is 4.04. The van der Waals surface area contributed by atoms with E-state index in [0.717, 1.165) is 12.2 Å². The fourth-order valence-corrected chi connectivity index (χ4v) is 2.08. The van der Waals surface area contributed by atoms with Gasteiger partial charge < -0.3 is 9.64 Å². The van der Waals surface area contributed by atoms with E-state index in [-0.39, 0.29) is 18.6 Å². The van der Waals surface area contributed by atoms with Gasteiger partial charge in [-0.2, -0.15) is 11.8 Å². The van der Waals surface area contributed by atoms with Crippen molar-refractivity contribution >= 4 is 17.7 Å². The molecular formula is C11H23NO2S. The van der Waals surface area contributed by atoms with Crippen LogP contribution in [0.3, 0.4) is 0 Å². The molecule has 1 amide bonds. The van der Waals surface area contributed by atoms with Crippen LogP contribution in [0.5, 0.6) is 0 Å². The molecule has 0 saturated heterocycles. The second kappa shape index (κ2) is 7.99. The van der Waals surface area contributed by atoms with Gasteiger partial charge in [0.25, 0.3) is 0 Å². The highest BCUT2D eigenvalue weighted by atomic mass is 32.2. The number of amides is 1. The van der Waals surface area contributed by atoms with Gasteiger partial charge in [0.15, 0.2) is 0 Å². The van der Waals surface area contributed by atoms with Crippen LogP contribution in [0.2, 0.25) is 0 Å². The van der Waals surface area contributed by atoms with Gasteiger partial charge in [-0.3, -0.25) is 4.79 Å². The van der Waals surface area contributed by atoms with Gasteiger partial charge in [0.1, 0.15) is 6.61 Å². The fraction of sp³-hybridized carbons (Fsp3) is 0.909. The molecule has 0 aliphatic rings. The number of carbonyl (C=O) groups excluding carboxylic acids is 1. The van der Waals surface area contributed by atoms with Crippen LogP contribution in [0.4, 0.5) is 0 Å². The first-order valence-electron chi connectivity index (χ1n) is 5.39. The fourth-order valence-electron chi connectivity index (χ4n) is 1.24. The molecule has 15 heavy (non-hydrogen) atoms. The Kier molecular flexibility index (Phi) is 7.88. The highest BCUT2D eigenvalue weighted by Gasteiger charge is 2.17. The molecule has 0 aliphatic heterocycles. The first kappa shape index (κ1) is 14.8. The predicted octanol–water partition coefficient (Wildman–Crippen LogP) is 2.01. The molecule has 0 bridgehead atoms. The molecule has 0 aromatic rings. The summed E-state index contributed by atoms with van der Waals surface area (Å²) < 4.78 is 5.30. The van der Waals surface area contributed by atoms with Crippen LogP contribution >= 0.6 is 11.8 Å². The Labute approximate surface area is 97.5 Å². The second-order valence-corrected chi connectivity index (χ2v) is 4.79. The van der Waals surface area contributed by atoms with Crippen molar-refractivity contribution < 1.29 is 9.53 Å². The van der Waals surface area contributed by atoms with E-state index in [4.69, 9.17) is 4.74 Å². The molecule has 3 nitrogen and oxygen atoms in total. The quantitative estimate of drug-likeness (QED) is 0.673. The van der Waals surface area contributed by atoms with Gasteiger partial charge in [-0.1, -0.05) is 6.92 Å². The number of rotatable bonds is 7. The van der Waals surface area contributed by atoms with Gasteiger partial charge in [0.2, 0.25) is 5.91 Å². The molecule has 1 unspecified atom stereocenters. The highest BCUT2D eigenvalue weighted by molar-refractivity contribution is 7.98. The molecule has 1 atom stereocenters. The van der Waals surface area contributed by atoms with E-state index < -0.39 is 0 Å². The molecule has 0 radical (unpaired) electrons. The topological polar surface area (TPSA) is 29.5 Å². The summed E-state index contributed by atoms with van der Waals surface area (Å²) in [5.74, 6) is 1.06. The smallest absolute Gasteiger partial charge is 0.248 e. The maximum absolute atomic E-state index is 11.7. The second-order valence-electron chi connectivity index (χ2n) is 3.88. The van der Waals surface area contributed by atoms with Crippen LogP contribution < -0.4 is 0 Å². The van der Waals surface area contributed by atoms with Crippen LogP contribution in [0.25, 0.3) is 0 Å². The van der Waals surface area contributed by atoms with Gasteiger partial charge >= 0.3 is 0 Å². The van der Waals surface area contributed by atoms with E-state index in [0.29, 0.717) is 6.04 Å². The Morgan fingerprint density at radius 2 is 2.07 bits per heavy atom. The molecule has 0 aromatic carbocycles. The highest BCUT2D eigenvalue weighted by Crippen LogP contribution is 2.08. The summed E-state index contributed by atoms with van der Waals surface area (Å²) in [6.45, 7) is 6.17. The lowest BCUT2D eigenvalue weighted by Gasteiger charge is -2.27. The van der Waals surface area contributed by atoms with Crippen molar-refractivity contribution in [2.45, 2.75) is 39.3 Å². The summed E-state index contributed by atoms with van der Waals surface area (Å²) in [6, 6.07) is 0.322. The summed E-state index contributed by atoms with van der Waals surface area (Å²) in [4.78, 5) is 13.5. The Morgan fingerprint density at radius 3 is 2.47 bits per heavy atom. The first-order valence-corrected chi connectivity index (χ1v) is 6.78. The zero-order valence-electron chi connectivity index (χ0n) is 10.4. The Bertz CT molecular complexity index is 185. The van der Waals surface area contributed by atoms with Crippen molar-refractivity contribution in [2.75, 3.05) is 25.7 Å². The van der Waals surface area contributed by atoms with Crippen LogP contribution in [0.15, 0.2) is 0 Å².